The lowest BCUT2D eigenvalue weighted by Crippen LogP contribution is -2.45. The van der Waals surface area contributed by atoms with E-state index in [1.165, 1.54) is 5.56 Å². The fraction of sp³-hybridized carbons (Fsp3) is 0.293. The third-order valence-corrected chi connectivity index (χ3v) is 9.85. The van der Waals surface area contributed by atoms with Gasteiger partial charge in [-0.05, 0) is 97.8 Å². The van der Waals surface area contributed by atoms with Gasteiger partial charge in [0.15, 0.2) is 0 Å². The van der Waals surface area contributed by atoms with Crippen molar-refractivity contribution in [2.75, 3.05) is 31.1 Å². The van der Waals surface area contributed by atoms with Gasteiger partial charge in [0.25, 0.3) is 11.8 Å². The molecule has 9 nitrogen and oxygen atoms in total. The molecule has 0 unspecified atom stereocenters. The van der Waals surface area contributed by atoms with Gasteiger partial charge in [0, 0.05) is 91.8 Å². The zero-order valence-corrected chi connectivity index (χ0v) is 28.5. The number of nitrogens with zero attached hydrogens (tertiary/aromatic N) is 5. The van der Waals surface area contributed by atoms with Crippen LogP contribution in [0.5, 0.6) is 0 Å². The molecule has 0 spiro atoms. The van der Waals surface area contributed by atoms with Gasteiger partial charge in [-0.25, -0.2) is 4.98 Å². The molecule has 7 rings (SSSR count). The minimum atomic E-state index is -0.0375. The van der Waals surface area contributed by atoms with Crippen molar-refractivity contribution in [1.82, 2.24) is 30.5 Å². The van der Waals surface area contributed by atoms with E-state index in [-0.39, 0.29) is 23.9 Å². The Kier molecular flexibility index (Phi) is 10.2. The van der Waals surface area contributed by atoms with Crippen LogP contribution in [0, 0.1) is 6.92 Å². The van der Waals surface area contributed by atoms with E-state index < -0.39 is 0 Å². The second kappa shape index (κ2) is 15.4. The minimum absolute atomic E-state index is 0.0292. The highest BCUT2D eigenvalue weighted by atomic mass is 16.2. The Labute approximate surface area is 293 Å². The number of hydrogen-bond acceptors (Lipinski definition) is 7. The summed E-state index contributed by atoms with van der Waals surface area (Å²) in [6.45, 7) is 6.43. The average Bonchev–Trinajstić information content (AvgIpc) is 3.17. The van der Waals surface area contributed by atoms with Crippen molar-refractivity contribution in [3.8, 4) is 22.4 Å². The second-order valence-electron chi connectivity index (χ2n) is 13.4. The van der Waals surface area contributed by atoms with E-state index in [0.717, 1.165) is 92.2 Å². The smallest absolute Gasteiger partial charge is 0.251 e. The Morgan fingerprint density at radius 2 is 1.44 bits per heavy atom. The molecule has 2 amide bonds. The maximum Gasteiger partial charge on any atom is 0.251 e. The van der Waals surface area contributed by atoms with Crippen LogP contribution >= 0.6 is 0 Å². The predicted molar refractivity (Wildman–Crippen MR) is 197 cm³/mol. The van der Waals surface area contributed by atoms with Crippen LogP contribution in [0.4, 0.5) is 5.82 Å². The molecule has 0 atom stereocenters. The van der Waals surface area contributed by atoms with E-state index in [2.05, 4.69) is 42.5 Å². The Balaban J connectivity index is 0.847. The topological polar surface area (TPSA) is 103 Å². The molecule has 0 bridgehead atoms. The van der Waals surface area contributed by atoms with Gasteiger partial charge in [-0.1, -0.05) is 36.4 Å². The van der Waals surface area contributed by atoms with Gasteiger partial charge in [0.2, 0.25) is 0 Å². The lowest BCUT2D eigenvalue weighted by Gasteiger charge is -2.34. The molecule has 2 fully saturated rings. The number of benzene rings is 2. The van der Waals surface area contributed by atoms with Gasteiger partial charge < -0.3 is 15.5 Å². The van der Waals surface area contributed by atoms with E-state index in [0.29, 0.717) is 11.1 Å². The first-order valence-electron chi connectivity index (χ1n) is 17.5. The largest absolute Gasteiger partial charge is 0.356 e. The quantitative estimate of drug-likeness (QED) is 0.190. The fourth-order valence-corrected chi connectivity index (χ4v) is 6.92. The number of aryl methyl sites for hydroxylation is 1. The molecule has 2 aliphatic rings. The molecule has 3 aromatic heterocycles. The lowest BCUT2D eigenvalue weighted by atomic mass is 10.00. The summed E-state index contributed by atoms with van der Waals surface area (Å²) in [5.41, 5.74) is 7.46. The summed E-state index contributed by atoms with van der Waals surface area (Å²) in [7, 11) is 0. The van der Waals surface area contributed by atoms with Crippen molar-refractivity contribution >= 4 is 17.6 Å². The van der Waals surface area contributed by atoms with E-state index >= 15 is 0 Å². The van der Waals surface area contributed by atoms with Crippen LogP contribution in [0.15, 0.2) is 110 Å². The monoisotopic (exact) mass is 665 g/mol. The van der Waals surface area contributed by atoms with Crippen molar-refractivity contribution < 1.29 is 9.59 Å². The van der Waals surface area contributed by atoms with Gasteiger partial charge in [-0.15, -0.1) is 0 Å². The number of nitrogens with one attached hydrogen (secondary N) is 2. The number of amides is 2. The van der Waals surface area contributed by atoms with Crippen LogP contribution in [0.3, 0.4) is 0 Å². The Morgan fingerprint density at radius 1 is 0.700 bits per heavy atom. The summed E-state index contributed by atoms with van der Waals surface area (Å²) >= 11 is 0. The molecule has 5 heterocycles. The normalized spacial score (nSPS) is 15.8. The van der Waals surface area contributed by atoms with Crippen LogP contribution < -0.4 is 15.5 Å². The molecule has 254 valence electrons. The molecule has 2 saturated heterocycles. The third-order valence-electron chi connectivity index (χ3n) is 9.85. The molecule has 2 aromatic carbocycles. The fourth-order valence-electron chi connectivity index (χ4n) is 6.92. The Hall–Kier alpha value is -5.41. The van der Waals surface area contributed by atoms with Gasteiger partial charge in [-0.3, -0.25) is 24.5 Å². The summed E-state index contributed by atoms with van der Waals surface area (Å²) in [6.07, 6.45) is 10.9. The first kappa shape index (κ1) is 33.1. The first-order valence-corrected chi connectivity index (χ1v) is 17.5. The second-order valence-corrected chi connectivity index (χ2v) is 13.4. The van der Waals surface area contributed by atoms with Gasteiger partial charge in [-0.2, -0.15) is 0 Å². The highest BCUT2D eigenvalue weighted by Crippen LogP contribution is 2.24. The molecule has 9 heteroatoms. The highest BCUT2D eigenvalue weighted by Gasteiger charge is 2.24. The molecular formula is C41H43N7O2. The predicted octanol–water partition coefficient (Wildman–Crippen LogP) is 6.31. The van der Waals surface area contributed by atoms with E-state index in [1.54, 1.807) is 12.4 Å². The number of piperidine rings is 2. The van der Waals surface area contributed by atoms with Crippen LogP contribution in [0.1, 0.15) is 57.5 Å². The Bertz CT molecular complexity index is 1900. The van der Waals surface area contributed by atoms with Gasteiger partial charge in [0.05, 0.1) is 5.69 Å². The summed E-state index contributed by atoms with van der Waals surface area (Å²) < 4.78 is 0. The van der Waals surface area contributed by atoms with Crippen molar-refractivity contribution in [2.24, 2.45) is 0 Å². The van der Waals surface area contributed by atoms with Crippen molar-refractivity contribution in [3.05, 3.63) is 132 Å². The third kappa shape index (κ3) is 8.06. The highest BCUT2D eigenvalue weighted by molar-refractivity contribution is 5.96. The minimum Gasteiger partial charge on any atom is -0.356 e. The summed E-state index contributed by atoms with van der Waals surface area (Å²) in [5, 5.41) is 6.50. The van der Waals surface area contributed by atoms with Gasteiger partial charge in [0.1, 0.15) is 5.82 Å². The van der Waals surface area contributed by atoms with Crippen molar-refractivity contribution in [2.45, 2.75) is 51.2 Å². The Morgan fingerprint density at radius 3 is 2.12 bits per heavy atom. The van der Waals surface area contributed by atoms with Crippen LogP contribution in [-0.4, -0.2) is 69.9 Å². The molecule has 0 aliphatic carbocycles. The molecule has 0 radical (unpaired) electrons. The van der Waals surface area contributed by atoms with E-state index in [4.69, 9.17) is 4.98 Å². The van der Waals surface area contributed by atoms with Crippen LogP contribution in [0.2, 0.25) is 0 Å². The van der Waals surface area contributed by atoms with E-state index in [1.807, 2.05) is 92.1 Å². The summed E-state index contributed by atoms with van der Waals surface area (Å²) in [6, 6.07) is 27.9. The zero-order valence-electron chi connectivity index (χ0n) is 28.5. The van der Waals surface area contributed by atoms with Crippen LogP contribution in [0.25, 0.3) is 22.4 Å². The van der Waals surface area contributed by atoms with Crippen molar-refractivity contribution in [3.63, 3.8) is 0 Å². The molecular weight excluding hydrogens is 622 g/mol. The number of carbonyl (C=O) groups is 2. The number of hydrogen-bond donors (Lipinski definition) is 2. The SMILES string of the molecule is Cc1ccc(C(=O)NC2CCN(Cc3ccc(N4CCC(NC(=O)c5cccc(-c6cccnc6)c5)CC4)nc3)CC2)cc1-c1ccccn1. The number of anilines is 1. The summed E-state index contributed by atoms with van der Waals surface area (Å²) in [4.78, 5) is 44.4. The lowest BCUT2D eigenvalue weighted by molar-refractivity contribution is 0.0906. The number of pyridine rings is 3. The average molecular weight is 666 g/mol. The number of aromatic nitrogens is 3. The first-order chi connectivity index (χ1) is 24.5. The van der Waals surface area contributed by atoms with Crippen molar-refractivity contribution in [1.29, 1.82) is 0 Å². The van der Waals surface area contributed by atoms with Gasteiger partial charge >= 0.3 is 0 Å². The maximum atomic E-state index is 13.1. The molecule has 2 aliphatic heterocycles. The molecule has 50 heavy (non-hydrogen) atoms. The standard InChI is InChI=1S/C41H43N7O2/c1-29-10-12-33(25-37(29)38-9-2-3-19-43-38)41(50)45-35-14-20-47(21-15-35)28-30-11-13-39(44-26-30)48-22-16-36(17-23-48)46-40(49)32-7-4-6-31(24-32)34-8-5-18-42-27-34/h2-13,18-19,24-27,35-36H,14-17,20-23,28H2,1H3,(H,45,50)(H,46,49). The molecule has 2 N–H and O–H groups in total. The summed E-state index contributed by atoms with van der Waals surface area (Å²) in [5.74, 6) is 0.911. The molecule has 0 saturated carbocycles. The number of rotatable bonds is 9. The number of carbonyl (C=O) groups excluding carboxylic acids is 2. The number of likely N-dealkylation sites (tertiary alicyclic amines) is 1. The zero-order chi connectivity index (χ0) is 34.3. The van der Waals surface area contributed by atoms with Crippen LogP contribution in [-0.2, 0) is 6.54 Å². The maximum absolute atomic E-state index is 13.1. The molecule has 5 aromatic rings. The van der Waals surface area contributed by atoms with E-state index in [9.17, 15) is 9.59 Å².